The molecule has 5 heteroatoms. The third kappa shape index (κ3) is 4.29. The molecule has 18 heavy (non-hydrogen) atoms. The van der Waals surface area contributed by atoms with Crippen LogP contribution in [-0.2, 0) is 0 Å². The third-order valence-electron chi connectivity index (χ3n) is 2.81. The highest BCUT2D eigenvalue weighted by molar-refractivity contribution is 6.48. The molecule has 0 aromatic heterocycles. The molecule has 1 aromatic rings. The van der Waals surface area contributed by atoms with Crippen molar-refractivity contribution in [1.82, 2.24) is 5.32 Å². The minimum atomic E-state index is -0.334. The first kappa shape index (κ1) is 16.1. The summed E-state index contributed by atoms with van der Waals surface area (Å²) in [6, 6.07) is 3.59. The average Bonchev–Trinajstić information content (AvgIpc) is 2.34. The molecule has 0 fully saturated rings. The van der Waals surface area contributed by atoms with E-state index in [1.165, 1.54) is 0 Å². The molecular weight excluding hydrogens is 293 g/mol. The minimum absolute atomic E-state index is 0.0128. The summed E-state index contributed by atoms with van der Waals surface area (Å²) < 4.78 is 0. The summed E-state index contributed by atoms with van der Waals surface area (Å²) in [6.45, 7) is 4.55. The van der Waals surface area contributed by atoms with Crippen molar-refractivity contribution in [2.75, 3.05) is 6.54 Å². The van der Waals surface area contributed by atoms with Gasteiger partial charge in [-0.1, -0.05) is 54.2 Å². The molecule has 0 aliphatic rings. The van der Waals surface area contributed by atoms with Crippen molar-refractivity contribution in [2.24, 2.45) is 0 Å². The Hall–Kier alpha value is 0.01000. The standard InChI is InChI=1S/C13H18Cl3NO/c1-3-4-9(18)7-17-8(2)10-5-6-11(14)13(16)12(10)15/h5-6,8-9,17-18H,3-4,7H2,1-2H3. The van der Waals surface area contributed by atoms with Crippen LogP contribution in [-0.4, -0.2) is 17.8 Å². The van der Waals surface area contributed by atoms with E-state index in [2.05, 4.69) is 5.32 Å². The summed E-state index contributed by atoms with van der Waals surface area (Å²) >= 11 is 18.0. The zero-order valence-corrected chi connectivity index (χ0v) is 12.8. The van der Waals surface area contributed by atoms with Crippen LogP contribution in [0.4, 0.5) is 0 Å². The summed E-state index contributed by atoms with van der Waals surface area (Å²) in [5.74, 6) is 0. The van der Waals surface area contributed by atoms with Crippen molar-refractivity contribution in [3.05, 3.63) is 32.8 Å². The minimum Gasteiger partial charge on any atom is -0.392 e. The first-order valence-electron chi connectivity index (χ1n) is 6.02. The number of benzene rings is 1. The summed E-state index contributed by atoms with van der Waals surface area (Å²) in [5.41, 5.74) is 0.884. The molecule has 1 aromatic carbocycles. The van der Waals surface area contributed by atoms with Crippen molar-refractivity contribution in [3.63, 3.8) is 0 Å². The van der Waals surface area contributed by atoms with Gasteiger partial charge in [-0.15, -0.1) is 0 Å². The van der Waals surface area contributed by atoms with Gasteiger partial charge in [-0.05, 0) is 25.0 Å². The monoisotopic (exact) mass is 309 g/mol. The van der Waals surface area contributed by atoms with E-state index < -0.39 is 0 Å². The Kier molecular flexibility index (Phi) is 6.75. The van der Waals surface area contributed by atoms with Crippen molar-refractivity contribution < 1.29 is 5.11 Å². The van der Waals surface area contributed by atoms with Crippen LogP contribution < -0.4 is 5.32 Å². The van der Waals surface area contributed by atoms with Gasteiger partial charge in [0.2, 0.25) is 0 Å². The molecule has 2 unspecified atom stereocenters. The molecule has 0 saturated carbocycles. The predicted molar refractivity (Wildman–Crippen MR) is 78.8 cm³/mol. The van der Waals surface area contributed by atoms with Crippen LogP contribution in [0, 0.1) is 0 Å². The lowest BCUT2D eigenvalue weighted by molar-refractivity contribution is 0.157. The van der Waals surface area contributed by atoms with Crippen molar-refractivity contribution >= 4 is 34.8 Å². The summed E-state index contributed by atoms with van der Waals surface area (Å²) in [5, 5.41) is 14.2. The second kappa shape index (κ2) is 7.56. The Labute approximate surface area is 123 Å². The first-order chi connectivity index (χ1) is 8.47. The summed E-state index contributed by atoms with van der Waals surface area (Å²) in [6.07, 6.45) is 1.42. The highest BCUT2D eigenvalue weighted by Crippen LogP contribution is 2.35. The van der Waals surface area contributed by atoms with E-state index in [1.54, 1.807) is 6.07 Å². The molecule has 0 aliphatic heterocycles. The van der Waals surface area contributed by atoms with Gasteiger partial charge in [0.1, 0.15) is 0 Å². The molecule has 1 rings (SSSR count). The Balaban J connectivity index is 2.67. The van der Waals surface area contributed by atoms with Crippen LogP contribution in [0.15, 0.2) is 12.1 Å². The van der Waals surface area contributed by atoms with Gasteiger partial charge in [-0.25, -0.2) is 0 Å². The molecule has 2 nitrogen and oxygen atoms in total. The van der Waals surface area contributed by atoms with Gasteiger partial charge in [0.25, 0.3) is 0 Å². The third-order valence-corrected chi connectivity index (χ3v) is 4.12. The Morgan fingerprint density at radius 2 is 1.89 bits per heavy atom. The molecule has 0 amide bonds. The smallest absolute Gasteiger partial charge is 0.0781 e. The lowest BCUT2D eigenvalue weighted by atomic mass is 10.1. The number of hydrogen-bond acceptors (Lipinski definition) is 2. The highest BCUT2D eigenvalue weighted by atomic mass is 35.5. The molecule has 2 N–H and O–H groups in total. The van der Waals surface area contributed by atoms with Crippen LogP contribution in [0.3, 0.4) is 0 Å². The average molecular weight is 311 g/mol. The van der Waals surface area contributed by atoms with Gasteiger partial charge in [-0.3, -0.25) is 0 Å². The van der Waals surface area contributed by atoms with E-state index in [9.17, 15) is 5.11 Å². The molecule has 0 aliphatic carbocycles. The second-order valence-electron chi connectivity index (χ2n) is 4.34. The Morgan fingerprint density at radius 3 is 2.50 bits per heavy atom. The molecule has 0 heterocycles. The summed E-state index contributed by atoms with van der Waals surface area (Å²) in [4.78, 5) is 0. The van der Waals surface area contributed by atoms with E-state index in [0.717, 1.165) is 18.4 Å². The normalized spacial score (nSPS) is 14.6. The SMILES string of the molecule is CCCC(O)CNC(C)c1ccc(Cl)c(Cl)c1Cl. The molecule has 102 valence electrons. The van der Waals surface area contributed by atoms with Crippen LogP contribution in [0.25, 0.3) is 0 Å². The number of halogens is 3. The number of nitrogens with one attached hydrogen (secondary N) is 1. The molecule has 2 atom stereocenters. The summed E-state index contributed by atoms with van der Waals surface area (Å²) in [7, 11) is 0. The van der Waals surface area contributed by atoms with E-state index in [0.29, 0.717) is 21.6 Å². The number of aliphatic hydroxyl groups is 1. The first-order valence-corrected chi connectivity index (χ1v) is 7.15. The molecule has 0 radical (unpaired) electrons. The van der Waals surface area contributed by atoms with E-state index in [4.69, 9.17) is 34.8 Å². The lowest BCUT2D eigenvalue weighted by Crippen LogP contribution is -2.29. The van der Waals surface area contributed by atoms with E-state index >= 15 is 0 Å². The van der Waals surface area contributed by atoms with E-state index in [-0.39, 0.29) is 12.1 Å². The molecular formula is C13H18Cl3NO. The second-order valence-corrected chi connectivity index (χ2v) is 5.50. The topological polar surface area (TPSA) is 32.3 Å². The predicted octanol–water partition coefficient (Wildman–Crippen LogP) is 4.46. The van der Waals surface area contributed by atoms with Crippen LogP contribution in [0.2, 0.25) is 15.1 Å². The quantitative estimate of drug-likeness (QED) is 0.760. The van der Waals surface area contributed by atoms with Crippen LogP contribution in [0.1, 0.15) is 38.3 Å². The maximum Gasteiger partial charge on any atom is 0.0781 e. The van der Waals surface area contributed by atoms with Crippen molar-refractivity contribution in [2.45, 2.75) is 38.8 Å². The highest BCUT2D eigenvalue weighted by Gasteiger charge is 2.14. The Bertz CT molecular complexity index is 398. The zero-order chi connectivity index (χ0) is 13.7. The van der Waals surface area contributed by atoms with Gasteiger partial charge < -0.3 is 10.4 Å². The van der Waals surface area contributed by atoms with Crippen molar-refractivity contribution in [1.29, 1.82) is 0 Å². The maximum atomic E-state index is 9.67. The fraction of sp³-hybridized carbons (Fsp3) is 0.538. The number of rotatable bonds is 6. The lowest BCUT2D eigenvalue weighted by Gasteiger charge is -2.19. The van der Waals surface area contributed by atoms with Gasteiger partial charge in [0.05, 0.1) is 21.2 Å². The molecule has 0 spiro atoms. The van der Waals surface area contributed by atoms with Crippen LogP contribution in [0.5, 0.6) is 0 Å². The van der Waals surface area contributed by atoms with Gasteiger partial charge in [-0.2, -0.15) is 0 Å². The molecule has 0 saturated heterocycles. The fourth-order valence-corrected chi connectivity index (χ4v) is 2.44. The largest absolute Gasteiger partial charge is 0.392 e. The van der Waals surface area contributed by atoms with Gasteiger partial charge in [0, 0.05) is 12.6 Å². The van der Waals surface area contributed by atoms with Crippen molar-refractivity contribution in [3.8, 4) is 0 Å². The zero-order valence-electron chi connectivity index (χ0n) is 10.5. The van der Waals surface area contributed by atoms with Crippen LogP contribution >= 0.6 is 34.8 Å². The molecule has 0 bridgehead atoms. The Morgan fingerprint density at radius 1 is 1.22 bits per heavy atom. The van der Waals surface area contributed by atoms with Gasteiger partial charge in [0.15, 0.2) is 0 Å². The fourth-order valence-electron chi connectivity index (χ4n) is 1.73. The van der Waals surface area contributed by atoms with E-state index in [1.807, 2.05) is 19.9 Å². The van der Waals surface area contributed by atoms with Gasteiger partial charge >= 0.3 is 0 Å². The number of hydrogen-bond donors (Lipinski definition) is 2. The maximum absolute atomic E-state index is 9.67. The number of aliphatic hydroxyl groups excluding tert-OH is 1.